The van der Waals surface area contributed by atoms with Gasteiger partial charge in [-0.3, -0.25) is 0 Å². The molecule has 0 bridgehead atoms. The zero-order valence-corrected chi connectivity index (χ0v) is 8.10. The van der Waals surface area contributed by atoms with Gasteiger partial charge in [0.2, 0.25) is 0 Å². The van der Waals surface area contributed by atoms with Crippen molar-refractivity contribution in [1.29, 1.82) is 0 Å². The van der Waals surface area contributed by atoms with E-state index in [4.69, 9.17) is 17.3 Å². The van der Waals surface area contributed by atoms with Crippen LogP contribution in [0.3, 0.4) is 0 Å². The molecule has 0 saturated heterocycles. The van der Waals surface area contributed by atoms with Gasteiger partial charge < -0.3 is 5.73 Å². The Bertz CT molecular complexity index is 99.1. The van der Waals surface area contributed by atoms with Gasteiger partial charge in [-0.1, -0.05) is 22.6 Å². The molecule has 54 valence electrons. The van der Waals surface area contributed by atoms with Gasteiger partial charge in [0.05, 0.1) is 0 Å². The van der Waals surface area contributed by atoms with Crippen LogP contribution < -0.4 is 5.73 Å². The van der Waals surface area contributed by atoms with Gasteiger partial charge in [0.25, 0.3) is 0 Å². The van der Waals surface area contributed by atoms with Crippen molar-refractivity contribution in [2.45, 2.75) is 34.6 Å². The molecule has 3 unspecified atom stereocenters. The molecule has 0 aromatic rings. The fraction of sp³-hybridized carbons (Fsp3) is 1.00. The highest BCUT2D eigenvalue weighted by atomic mass is 127. The Morgan fingerprint density at radius 1 is 1.44 bits per heavy atom. The van der Waals surface area contributed by atoms with Crippen LogP contribution in [0.1, 0.15) is 19.3 Å². The predicted molar refractivity (Wildman–Crippen MR) is 49.3 cm³/mol. The van der Waals surface area contributed by atoms with Crippen molar-refractivity contribution >= 4 is 34.2 Å². The minimum Gasteiger partial charge on any atom is -0.326 e. The maximum atomic E-state index is 5.93. The summed E-state index contributed by atoms with van der Waals surface area (Å²) in [6, 6.07) is 0.248. The van der Waals surface area contributed by atoms with E-state index in [1.807, 2.05) is 0 Å². The largest absolute Gasteiger partial charge is 0.326 e. The number of alkyl halides is 2. The molecule has 1 aliphatic rings. The monoisotopic (exact) mass is 259 g/mol. The molecule has 1 aliphatic carbocycles. The lowest BCUT2D eigenvalue weighted by atomic mass is 9.96. The Morgan fingerprint density at radius 3 is 2.56 bits per heavy atom. The maximum Gasteiger partial charge on any atom is 0.0497 e. The van der Waals surface area contributed by atoms with Crippen LogP contribution in [-0.2, 0) is 0 Å². The van der Waals surface area contributed by atoms with E-state index in [1.54, 1.807) is 0 Å². The molecule has 0 radical (unpaired) electrons. The highest BCUT2D eigenvalue weighted by Gasteiger charge is 2.24. The third-order valence-electron chi connectivity index (χ3n) is 1.76. The van der Waals surface area contributed by atoms with Crippen molar-refractivity contribution in [3.8, 4) is 0 Å². The second kappa shape index (κ2) is 3.39. The lowest BCUT2D eigenvalue weighted by Crippen LogP contribution is -2.37. The molecule has 0 spiro atoms. The van der Waals surface area contributed by atoms with Gasteiger partial charge in [-0.25, -0.2) is 0 Å². The third-order valence-corrected chi connectivity index (χ3v) is 3.39. The fourth-order valence-corrected chi connectivity index (χ4v) is 2.64. The molecule has 0 aromatic heterocycles. The molecule has 0 amide bonds. The summed E-state index contributed by atoms with van der Waals surface area (Å²) in [7, 11) is 0. The van der Waals surface area contributed by atoms with Crippen LogP contribution in [0.15, 0.2) is 0 Å². The Labute approximate surface area is 74.5 Å². The number of halogens is 2. The van der Waals surface area contributed by atoms with Crippen LogP contribution in [0.5, 0.6) is 0 Å². The number of hydrogen-bond donors (Lipinski definition) is 1. The number of nitrogens with two attached hydrogens (primary N) is 1. The van der Waals surface area contributed by atoms with Gasteiger partial charge in [-0.2, -0.15) is 0 Å². The standard InChI is InChI=1S/C6H11ClIN/c7-5-3-4(8)1-2-6(5)9/h4-6H,1-3,9H2. The highest BCUT2D eigenvalue weighted by molar-refractivity contribution is 14.1. The summed E-state index contributed by atoms with van der Waals surface area (Å²) in [5.41, 5.74) is 5.71. The van der Waals surface area contributed by atoms with Gasteiger partial charge >= 0.3 is 0 Å². The average molecular weight is 260 g/mol. The third kappa shape index (κ3) is 2.24. The van der Waals surface area contributed by atoms with E-state index in [1.165, 1.54) is 6.42 Å². The van der Waals surface area contributed by atoms with Crippen LogP contribution in [0.4, 0.5) is 0 Å². The van der Waals surface area contributed by atoms with Crippen molar-refractivity contribution < 1.29 is 0 Å². The van der Waals surface area contributed by atoms with Gasteiger partial charge in [0, 0.05) is 15.3 Å². The molecule has 0 aromatic carbocycles. The number of hydrogen-bond acceptors (Lipinski definition) is 1. The molecule has 1 saturated carbocycles. The molecule has 3 atom stereocenters. The van der Waals surface area contributed by atoms with Gasteiger partial charge in [-0.15, -0.1) is 11.6 Å². The van der Waals surface area contributed by atoms with E-state index >= 15 is 0 Å². The van der Waals surface area contributed by atoms with Crippen molar-refractivity contribution in [3.63, 3.8) is 0 Å². The predicted octanol–water partition coefficient (Wildman–Crippen LogP) is 1.91. The quantitative estimate of drug-likeness (QED) is 0.522. The molecule has 1 nitrogen and oxygen atoms in total. The van der Waals surface area contributed by atoms with Gasteiger partial charge in [-0.05, 0) is 19.3 Å². The van der Waals surface area contributed by atoms with Crippen LogP contribution in [0.2, 0.25) is 0 Å². The average Bonchev–Trinajstić information content (AvgIpc) is 1.80. The Morgan fingerprint density at radius 2 is 2.11 bits per heavy atom. The summed E-state index contributed by atoms with van der Waals surface area (Å²) in [6.07, 6.45) is 3.43. The zero-order valence-electron chi connectivity index (χ0n) is 5.19. The lowest BCUT2D eigenvalue weighted by molar-refractivity contribution is 0.466. The van der Waals surface area contributed by atoms with Crippen molar-refractivity contribution in [3.05, 3.63) is 0 Å². The van der Waals surface area contributed by atoms with E-state index in [0.29, 0.717) is 0 Å². The van der Waals surface area contributed by atoms with E-state index < -0.39 is 0 Å². The summed E-state index contributed by atoms with van der Waals surface area (Å²) in [5.74, 6) is 0. The molecule has 3 heteroatoms. The van der Waals surface area contributed by atoms with Crippen molar-refractivity contribution in [2.75, 3.05) is 0 Å². The van der Waals surface area contributed by atoms with Crippen molar-refractivity contribution in [2.24, 2.45) is 5.73 Å². The van der Waals surface area contributed by atoms with Crippen LogP contribution in [0, 0.1) is 0 Å². The Balaban J connectivity index is 2.35. The molecule has 0 aliphatic heterocycles. The first-order valence-corrected chi connectivity index (χ1v) is 4.92. The first kappa shape index (κ1) is 8.08. The summed E-state index contributed by atoms with van der Waals surface area (Å²) in [5, 5.41) is 0.223. The van der Waals surface area contributed by atoms with E-state index in [-0.39, 0.29) is 11.4 Å². The molecule has 9 heavy (non-hydrogen) atoms. The molecular formula is C6H11ClIN. The van der Waals surface area contributed by atoms with Gasteiger partial charge in [0.1, 0.15) is 0 Å². The fourth-order valence-electron chi connectivity index (χ4n) is 1.09. The van der Waals surface area contributed by atoms with Crippen LogP contribution in [-0.4, -0.2) is 15.3 Å². The van der Waals surface area contributed by atoms with E-state index in [9.17, 15) is 0 Å². The Hall–Kier alpha value is 0.980. The molecule has 1 fully saturated rings. The topological polar surface area (TPSA) is 26.0 Å². The van der Waals surface area contributed by atoms with Crippen molar-refractivity contribution in [1.82, 2.24) is 0 Å². The number of rotatable bonds is 0. The first-order chi connectivity index (χ1) is 4.20. The molecular weight excluding hydrogens is 248 g/mol. The SMILES string of the molecule is NC1CCC(I)CC1Cl. The molecule has 2 N–H and O–H groups in total. The smallest absolute Gasteiger partial charge is 0.0497 e. The minimum absolute atomic E-state index is 0.223. The second-order valence-corrected chi connectivity index (χ2v) is 4.91. The zero-order chi connectivity index (χ0) is 6.85. The highest BCUT2D eigenvalue weighted by Crippen LogP contribution is 2.27. The lowest BCUT2D eigenvalue weighted by Gasteiger charge is -2.26. The van der Waals surface area contributed by atoms with Crippen LogP contribution in [0.25, 0.3) is 0 Å². The summed E-state index contributed by atoms with van der Waals surface area (Å²) >= 11 is 8.37. The van der Waals surface area contributed by atoms with Gasteiger partial charge in [0.15, 0.2) is 0 Å². The minimum atomic E-state index is 0.223. The molecule has 0 heterocycles. The van der Waals surface area contributed by atoms with E-state index in [0.717, 1.165) is 16.8 Å². The normalized spacial score (nSPS) is 45.0. The Kier molecular flexibility index (Phi) is 3.05. The van der Waals surface area contributed by atoms with E-state index in [2.05, 4.69) is 22.6 Å². The maximum absolute atomic E-state index is 5.93. The summed E-state index contributed by atoms with van der Waals surface area (Å²) in [6.45, 7) is 0. The summed E-state index contributed by atoms with van der Waals surface area (Å²) < 4.78 is 0.755. The summed E-state index contributed by atoms with van der Waals surface area (Å²) in [4.78, 5) is 0. The van der Waals surface area contributed by atoms with Crippen LogP contribution >= 0.6 is 34.2 Å². The first-order valence-electron chi connectivity index (χ1n) is 3.24. The molecule has 1 rings (SSSR count). The second-order valence-electron chi connectivity index (χ2n) is 2.59.